The van der Waals surface area contributed by atoms with Gasteiger partial charge in [0.05, 0.1) is 17.2 Å². The first kappa shape index (κ1) is 9.86. The molecule has 1 aromatic carbocycles. The molecule has 0 radical (unpaired) electrons. The van der Waals surface area contributed by atoms with Crippen molar-refractivity contribution in [3.8, 4) is 11.5 Å². The van der Waals surface area contributed by atoms with Crippen molar-refractivity contribution in [1.29, 1.82) is 0 Å². The zero-order valence-electron chi connectivity index (χ0n) is 7.08. The molecule has 0 saturated carbocycles. The van der Waals surface area contributed by atoms with Crippen molar-refractivity contribution >= 4 is 17.9 Å². The van der Waals surface area contributed by atoms with Gasteiger partial charge in [-0.25, -0.2) is 0 Å². The van der Waals surface area contributed by atoms with Gasteiger partial charge in [-0.05, 0) is 13.0 Å². The summed E-state index contributed by atoms with van der Waals surface area (Å²) in [5.41, 5.74) is 0.135. The van der Waals surface area contributed by atoms with Gasteiger partial charge < -0.3 is 9.84 Å². The monoisotopic (exact) mass is 200 g/mol. The molecule has 3 nitrogen and oxygen atoms in total. The summed E-state index contributed by atoms with van der Waals surface area (Å²) in [6.07, 6.45) is 0.531. The summed E-state index contributed by atoms with van der Waals surface area (Å²) < 4.78 is 5.13. The molecule has 1 N–H and O–H groups in total. The lowest BCUT2D eigenvalue weighted by Crippen LogP contribution is -1.93. The Bertz CT molecular complexity index is 323. The van der Waals surface area contributed by atoms with Crippen LogP contribution in [0, 0.1) is 0 Å². The number of phenolic OH excluding ortho intramolecular Hbond substituents is 1. The molecule has 0 bridgehead atoms. The zero-order valence-corrected chi connectivity index (χ0v) is 7.84. The summed E-state index contributed by atoms with van der Waals surface area (Å²) in [5.74, 6) is 0.271. The van der Waals surface area contributed by atoms with Crippen LogP contribution in [0.5, 0.6) is 11.5 Å². The quantitative estimate of drug-likeness (QED) is 0.762. The van der Waals surface area contributed by atoms with E-state index < -0.39 is 0 Å². The summed E-state index contributed by atoms with van der Waals surface area (Å²) in [5, 5.41) is 9.39. The molecule has 0 unspecified atom stereocenters. The number of benzene rings is 1. The van der Waals surface area contributed by atoms with Crippen LogP contribution >= 0.6 is 11.6 Å². The molecular formula is C9H9ClO3. The molecular weight excluding hydrogens is 192 g/mol. The van der Waals surface area contributed by atoms with Crippen molar-refractivity contribution in [2.45, 2.75) is 6.92 Å². The minimum atomic E-state index is -0.208. The second-order valence-electron chi connectivity index (χ2n) is 2.39. The Balaban J connectivity index is 3.14. The zero-order chi connectivity index (χ0) is 9.84. The Morgan fingerprint density at radius 2 is 2.31 bits per heavy atom. The third kappa shape index (κ3) is 2.12. The molecule has 1 aromatic rings. The molecule has 0 fully saturated rings. The minimum Gasteiger partial charge on any atom is -0.506 e. The van der Waals surface area contributed by atoms with Crippen molar-refractivity contribution in [3.05, 3.63) is 22.7 Å². The molecule has 0 aromatic heterocycles. The first-order valence-electron chi connectivity index (χ1n) is 3.79. The number of carbonyl (C=O) groups excluding carboxylic acids is 1. The Kier molecular flexibility index (Phi) is 3.14. The number of carbonyl (C=O) groups is 1. The first-order chi connectivity index (χ1) is 6.19. The smallest absolute Gasteiger partial charge is 0.153 e. The van der Waals surface area contributed by atoms with Crippen LogP contribution in [0.25, 0.3) is 0 Å². The second-order valence-corrected chi connectivity index (χ2v) is 2.80. The van der Waals surface area contributed by atoms with Crippen LogP contribution in [-0.2, 0) is 0 Å². The number of hydrogen-bond donors (Lipinski definition) is 1. The first-order valence-corrected chi connectivity index (χ1v) is 4.17. The highest BCUT2D eigenvalue weighted by atomic mass is 35.5. The number of aromatic hydroxyl groups is 1. The van der Waals surface area contributed by atoms with E-state index in [0.717, 1.165) is 0 Å². The molecule has 0 aliphatic heterocycles. The van der Waals surface area contributed by atoms with Crippen molar-refractivity contribution in [1.82, 2.24) is 0 Å². The molecule has 1 rings (SSSR count). The van der Waals surface area contributed by atoms with Crippen LogP contribution in [0.2, 0.25) is 5.02 Å². The standard InChI is InChI=1S/C9H9ClO3/c1-2-13-7-3-6(5-11)9(12)8(10)4-7/h3-5,12H,2H2,1H3. The molecule has 0 heterocycles. The highest BCUT2D eigenvalue weighted by molar-refractivity contribution is 6.32. The molecule has 0 aliphatic rings. The third-order valence-electron chi connectivity index (χ3n) is 1.50. The number of hydrogen-bond acceptors (Lipinski definition) is 3. The molecule has 70 valence electrons. The van der Waals surface area contributed by atoms with Crippen LogP contribution in [0.1, 0.15) is 17.3 Å². The predicted octanol–water partition coefficient (Wildman–Crippen LogP) is 2.26. The summed E-state index contributed by atoms with van der Waals surface area (Å²) >= 11 is 5.64. The molecule has 0 aliphatic carbocycles. The summed E-state index contributed by atoms with van der Waals surface area (Å²) in [6, 6.07) is 2.91. The van der Waals surface area contributed by atoms with Gasteiger partial charge in [-0.3, -0.25) is 4.79 Å². The fourth-order valence-electron chi connectivity index (χ4n) is 0.934. The van der Waals surface area contributed by atoms with E-state index in [4.69, 9.17) is 16.3 Å². The van der Waals surface area contributed by atoms with Crippen LogP contribution in [0.4, 0.5) is 0 Å². The van der Waals surface area contributed by atoms with Crippen molar-refractivity contribution < 1.29 is 14.6 Å². The average molecular weight is 201 g/mol. The Hall–Kier alpha value is -1.22. The maximum atomic E-state index is 10.5. The number of rotatable bonds is 3. The van der Waals surface area contributed by atoms with Gasteiger partial charge >= 0.3 is 0 Å². The van der Waals surface area contributed by atoms with E-state index in [1.54, 1.807) is 0 Å². The van der Waals surface area contributed by atoms with Gasteiger partial charge in [-0.1, -0.05) is 11.6 Å². The topological polar surface area (TPSA) is 46.5 Å². The van der Waals surface area contributed by atoms with Gasteiger partial charge in [-0.2, -0.15) is 0 Å². The van der Waals surface area contributed by atoms with E-state index in [9.17, 15) is 9.90 Å². The van der Waals surface area contributed by atoms with Gasteiger partial charge in [0, 0.05) is 6.07 Å². The van der Waals surface area contributed by atoms with Crippen LogP contribution in [0.15, 0.2) is 12.1 Å². The normalized spacial score (nSPS) is 9.69. The number of ether oxygens (including phenoxy) is 1. The predicted molar refractivity (Wildman–Crippen MR) is 49.7 cm³/mol. The summed E-state index contributed by atoms with van der Waals surface area (Å²) in [6.45, 7) is 2.31. The largest absolute Gasteiger partial charge is 0.506 e. The van der Waals surface area contributed by atoms with E-state index >= 15 is 0 Å². The van der Waals surface area contributed by atoms with Gasteiger partial charge in [0.2, 0.25) is 0 Å². The molecule has 0 spiro atoms. The second kappa shape index (κ2) is 4.14. The highest BCUT2D eigenvalue weighted by Gasteiger charge is 2.07. The van der Waals surface area contributed by atoms with Gasteiger partial charge in [0.25, 0.3) is 0 Å². The fourth-order valence-corrected chi connectivity index (χ4v) is 1.15. The third-order valence-corrected chi connectivity index (χ3v) is 1.79. The molecule has 0 saturated heterocycles. The van der Waals surface area contributed by atoms with E-state index in [1.165, 1.54) is 12.1 Å². The maximum absolute atomic E-state index is 10.5. The average Bonchev–Trinajstić information content (AvgIpc) is 2.11. The van der Waals surface area contributed by atoms with Gasteiger partial charge in [-0.15, -0.1) is 0 Å². The maximum Gasteiger partial charge on any atom is 0.153 e. The van der Waals surface area contributed by atoms with Gasteiger partial charge in [0.1, 0.15) is 11.5 Å². The van der Waals surface area contributed by atoms with Crippen molar-refractivity contribution in [2.24, 2.45) is 0 Å². The lowest BCUT2D eigenvalue weighted by molar-refractivity contribution is 0.112. The SMILES string of the molecule is CCOc1cc(Cl)c(O)c(C=O)c1. The summed E-state index contributed by atoms with van der Waals surface area (Å²) in [4.78, 5) is 10.5. The van der Waals surface area contributed by atoms with Gasteiger partial charge in [0.15, 0.2) is 6.29 Å². The van der Waals surface area contributed by atoms with E-state index in [-0.39, 0.29) is 16.3 Å². The fraction of sp³-hybridized carbons (Fsp3) is 0.222. The highest BCUT2D eigenvalue weighted by Crippen LogP contribution is 2.31. The van der Waals surface area contributed by atoms with Crippen LogP contribution < -0.4 is 4.74 Å². The van der Waals surface area contributed by atoms with Crippen molar-refractivity contribution in [3.63, 3.8) is 0 Å². The number of aldehydes is 1. The lowest BCUT2D eigenvalue weighted by Gasteiger charge is -2.06. The van der Waals surface area contributed by atoms with Crippen LogP contribution in [-0.4, -0.2) is 18.0 Å². The van der Waals surface area contributed by atoms with E-state index in [2.05, 4.69) is 0 Å². The lowest BCUT2D eigenvalue weighted by atomic mass is 10.2. The summed E-state index contributed by atoms with van der Waals surface area (Å²) in [7, 11) is 0. The number of phenols is 1. The van der Waals surface area contributed by atoms with E-state index in [0.29, 0.717) is 18.6 Å². The Morgan fingerprint density at radius 3 is 2.85 bits per heavy atom. The van der Waals surface area contributed by atoms with Crippen LogP contribution in [0.3, 0.4) is 0 Å². The van der Waals surface area contributed by atoms with Crippen molar-refractivity contribution in [2.75, 3.05) is 6.61 Å². The molecule has 0 atom stereocenters. The number of halogens is 1. The molecule has 4 heteroatoms. The molecule has 0 amide bonds. The van der Waals surface area contributed by atoms with E-state index in [1.807, 2.05) is 6.92 Å². The Morgan fingerprint density at radius 1 is 1.62 bits per heavy atom. The molecule has 13 heavy (non-hydrogen) atoms. The Labute approximate surface area is 80.9 Å². The minimum absolute atomic E-state index is 0.119.